The monoisotopic (exact) mass is 439 g/mol. The molecule has 0 saturated carbocycles. The molecular weight excluding hydrogens is 418 g/mol. The molecule has 0 aliphatic rings. The van der Waals surface area contributed by atoms with Crippen LogP contribution in [-0.2, 0) is 0 Å². The second-order valence-corrected chi connectivity index (χ2v) is 7.17. The molecule has 0 aliphatic heterocycles. The molecule has 6 heteroatoms. The van der Waals surface area contributed by atoms with E-state index in [0.29, 0.717) is 28.3 Å². The fourth-order valence-corrected chi connectivity index (χ4v) is 3.44. The lowest BCUT2D eigenvalue weighted by Gasteiger charge is -2.15. The summed E-state index contributed by atoms with van der Waals surface area (Å²) in [6.45, 7) is 0. The summed E-state index contributed by atoms with van der Waals surface area (Å²) in [5.41, 5.74) is 2.00. The van der Waals surface area contributed by atoms with Gasteiger partial charge in [-0.1, -0.05) is 54.6 Å². The molecule has 33 heavy (non-hydrogen) atoms. The average molecular weight is 439 g/mol. The Morgan fingerprint density at radius 2 is 1.45 bits per heavy atom. The van der Waals surface area contributed by atoms with E-state index in [4.69, 9.17) is 9.47 Å². The first-order valence-corrected chi connectivity index (χ1v) is 10.2. The third kappa shape index (κ3) is 5.02. The number of hydrogen-bond donors (Lipinski definition) is 2. The van der Waals surface area contributed by atoms with Crippen LogP contribution in [0.1, 0.15) is 20.7 Å². The van der Waals surface area contributed by atoms with Crippen molar-refractivity contribution in [3.8, 4) is 28.4 Å². The quantitative estimate of drug-likeness (QED) is 0.363. The average Bonchev–Trinajstić information content (AvgIpc) is 2.84. The van der Waals surface area contributed by atoms with Crippen molar-refractivity contribution in [3.05, 3.63) is 108 Å². The Kier molecular flexibility index (Phi) is 6.36. The van der Waals surface area contributed by atoms with E-state index in [1.54, 1.807) is 30.3 Å². The summed E-state index contributed by atoms with van der Waals surface area (Å²) < 4.78 is 11.2. The van der Waals surface area contributed by atoms with E-state index >= 15 is 0 Å². The van der Waals surface area contributed by atoms with Gasteiger partial charge in [0.05, 0.1) is 7.11 Å². The molecule has 0 saturated heterocycles. The highest BCUT2D eigenvalue weighted by Gasteiger charge is 2.19. The number of methoxy groups -OCH3 is 1. The summed E-state index contributed by atoms with van der Waals surface area (Å²) in [7, 11) is 1.42. The van der Waals surface area contributed by atoms with Crippen molar-refractivity contribution >= 4 is 17.6 Å². The van der Waals surface area contributed by atoms with Gasteiger partial charge in [0.1, 0.15) is 22.8 Å². The van der Waals surface area contributed by atoms with Crippen LogP contribution in [-0.4, -0.2) is 24.1 Å². The Bertz CT molecular complexity index is 1290. The minimum atomic E-state index is -1.15. The number of benzene rings is 4. The van der Waals surface area contributed by atoms with Crippen LogP contribution in [0, 0.1) is 0 Å². The normalized spacial score (nSPS) is 10.3. The zero-order valence-electron chi connectivity index (χ0n) is 17.8. The predicted molar refractivity (Wildman–Crippen MR) is 126 cm³/mol. The molecule has 0 radical (unpaired) electrons. The predicted octanol–water partition coefficient (Wildman–Crippen LogP) is 6.11. The lowest BCUT2D eigenvalue weighted by atomic mass is 10.00. The molecular formula is C27H21NO5. The third-order valence-corrected chi connectivity index (χ3v) is 4.94. The minimum absolute atomic E-state index is 0.0460. The molecule has 164 valence electrons. The smallest absolute Gasteiger partial charge is 0.339 e. The van der Waals surface area contributed by atoms with Crippen molar-refractivity contribution in [2.45, 2.75) is 0 Å². The van der Waals surface area contributed by atoms with E-state index in [1.165, 1.54) is 13.2 Å². The number of rotatable bonds is 7. The second kappa shape index (κ2) is 9.70. The number of amides is 1. The van der Waals surface area contributed by atoms with Gasteiger partial charge >= 0.3 is 5.97 Å². The lowest BCUT2D eigenvalue weighted by Crippen LogP contribution is -2.13. The molecule has 1 amide bonds. The Labute approximate surface area is 191 Å². The van der Waals surface area contributed by atoms with Crippen molar-refractivity contribution < 1.29 is 24.2 Å². The van der Waals surface area contributed by atoms with Gasteiger partial charge in [0, 0.05) is 16.8 Å². The topological polar surface area (TPSA) is 84.9 Å². The molecule has 0 aromatic heterocycles. The molecule has 0 atom stereocenters. The number of nitrogens with one attached hydrogen (secondary N) is 1. The molecule has 4 rings (SSSR count). The van der Waals surface area contributed by atoms with Gasteiger partial charge in [0.15, 0.2) is 0 Å². The molecule has 0 spiro atoms. The molecule has 6 nitrogen and oxygen atoms in total. The maximum absolute atomic E-state index is 13.0. The van der Waals surface area contributed by atoms with E-state index in [1.807, 2.05) is 60.7 Å². The van der Waals surface area contributed by atoms with Gasteiger partial charge in [0.25, 0.3) is 5.91 Å². The van der Waals surface area contributed by atoms with Gasteiger partial charge in [0.2, 0.25) is 0 Å². The maximum atomic E-state index is 13.0. The molecule has 0 fully saturated rings. The highest BCUT2D eigenvalue weighted by atomic mass is 16.5. The van der Waals surface area contributed by atoms with Crippen LogP contribution in [0.2, 0.25) is 0 Å². The number of anilines is 1. The van der Waals surface area contributed by atoms with E-state index in [0.717, 1.165) is 5.56 Å². The maximum Gasteiger partial charge on any atom is 0.339 e. The van der Waals surface area contributed by atoms with Crippen molar-refractivity contribution in [1.29, 1.82) is 0 Å². The number of carbonyl (C=O) groups is 2. The number of carbonyl (C=O) groups excluding carboxylic acids is 1. The highest BCUT2D eigenvalue weighted by Crippen LogP contribution is 2.36. The summed E-state index contributed by atoms with van der Waals surface area (Å²) in [6, 6.07) is 28.4. The Balaban J connectivity index is 1.65. The fourth-order valence-electron chi connectivity index (χ4n) is 3.44. The standard InChI is InChI=1S/C27H21NO5/c1-32-25-23(18-9-4-2-5-10-18)16-20(17-24(25)27(30)31)28-26(29)19-11-8-14-22(15-19)33-21-12-6-3-7-13-21/h2-17H,1H3,(H,28,29)(H,30,31). The molecule has 4 aromatic carbocycles. The SMILES string of the molecule is COc1c(C(=O)O)cc(NC(=O)c2cccc(Oc3ccccc3)c2)cc1-c1ccccc1. The van der Waals surface area contributed by atoms with Gasteiger partial charge in [-0.25, -0.2) is 4.79 Å². The highest BCUT2D eigenvalue weighted by molar-refractivity contribution is 6.06. The van der Waals surface area contributed by atoms with Crippen LogP contribution < -0.4 is 14.8 Å². The van der Waals surface area contributed by atoms with Crippen LogP contribution in [0.4, 0.5) is 5.69 Å². The summed E-state index contributed by atoms with van der Waals surface area (Å²) in [5, 5.41) is 12.5. The summed E-state index contributed by atoms with van der Waals surface area (Å²) in [4.78, 5) is 24.8. The molecule has 0 heterocycles. The fraction of sp³-hybridized carbons (Fsp3) is 0.0370. The van der Waals surface area contributed by atoms with Gasteiger partial charge < -0.3 is 19.9 Å². The first-order valence-electron chi connectivity index (χ1n) is 10.2. The third-order valence-electron chi connectivity index (χ3n) is 4.94. The Morgan fingerprint density at radius 1 is 0.788 bits per heavy atom. The van der Waals surface area contributed by atoms with Crippen molar-refractivity contribution in [2.24, 2.45) is 0 Å². The molecule has 4 aromatic rings. The zero-order chi connectivity index (χ0) is 23.2. The van der Waals surface area contributed by atoms with Crippen LogP contribution >= 0.6 is 0 Å². The van der Waals surface area contributed by atoms with E-state index in [-0.39, 0.29) is 11.3 Å². The summed E-state index contributed by atoms with van der Waals surface area (Å²) in [6.07, 6.45) is 0. The molecule has 0 aliphatic carbocycles. The van der Waals surface area contributed by atoms with Gasteiger partial charge in [-0.3, -0.25) is 4.79 Å². The van der Waals surface area contributed by atoms with Crippen LogP contribution in [0.15, 0.2) is 97.1 Å². The Morgan fingerprint density at radius 3 is 2.12 bits per heavy atom. The molecule has 0 unspecified atom stereocenters. The van der Waals surface area contributed by atoms with Crippen LogP contribution in [0.25, 0.3) is 11.1 Å². The van der Waals surface area contributed by atoms with Crippen molar-refractivity contribution in [1.82, 2.24) is 0 Å². The van der Waals surface area contributed by atoms with Crippen molar-refractivity contribution in [2.75, 3.05) is 12.4 Å². The zero-order valence-corrected chi connectivity index (χ0v) is 17.8. The number of aromatic carboxylic acids is 1. The summed E-state index contributed by atoms with van der Waals surface area (Å²) >= 11 is 0. The van der Waals surface area contributed by atoms with Gasteiger partial charge in [-0.15, -0.1) is 0 Å². The second-order valence-electron chi connectivity index (χ2n) is 7.17. The van der Waals surface area contributed by atoms with E-state index in [2.05, 4.69) is 5.32 Å². The first-order chi connectivity index (χ1) is 16.0. The largest absolute Gasteiger partial charge is 0.495 e. The van der Waals surface area contributed by atoms with Crippen LogP contribution in [0.5, 0.6) is 17.2 Å². The minimum Gasteiger partial charge on any atom is -0.495 e. The molecule has 2 N–H and O–H groups in total. The van der Waals surface area contributed by atoms with E-state index < -0.39 is 11.9 Å². The summed E-state index contributed by atoms with van der Waals surface area (Å²) in [5.74, 6) is -0.152. The van der Waals surface area contributed by atoms with Gasteiger partial charge in [-0.2, -0.15) is 0 Å². The van der Waals surface area contributed by atoms with Gasteiger partial charge in [-0.05, 0) is 48.0 Å². The lowest BCUT2D eigenvalue weighted by molar-refractivity contribution is 0.0693. The number of ether oxygens (including phenoxy) is 2. The number of carboxylic acid groups (broad SMARTS) is 1. The number of para-hydroxylation sites is 1. The number of hydrogen-bond acceptors (Lipinski definition) is 4. The molecule has 0 bridgehead atoms. The first kappa shape index (κ1) is 21.6. The van der Waals surface area contributed by atoms with Crippen molar-refractivity contribution in [3.63, 3.8) is 0 Å². The van der Waals surface area contributed by atoms with Crippen LogP contribution in [0.3, 0.4) is 0 Å². The number of carboxylic acids is 1. The Hall–Kier alpha value is -4.58. The van der Waals surface area contributed by atoms with E-state index in [9.17, 15) is 14.7 Å².